The molecule has 0 radical (unpaired) electrons. The summed E-state index contributed by atoms with van der Waals surface area (Å²) in [7, 11) is 2.17. The summed E-state index contributed by atoms with van der Waals surface area (Å²) >= 11 is 3.60. The Bertz CT molecular complexity index is 703. The van der Waals surface area contributed by atoms with Crippen LogP contribution in [-0.4, -0.2) is 43.2 Å². The van der Waals surface area contributed by atoms with E-state index in [2.05, 4.69) is 47.8 Å². The lowest BCUT2D eigenvalue weighted by Crippen LogP contribution is -2.34. The quantitative estimate of drug-likeness (QED) is 0.690. The summed E-state index contributed by atoms with van der Waals surface area (Å²) in [6.45, 7) is 8.54. The molecule has 0 atom stereocenters. The van der Waals surface area contributed by atoms with Gasteiger partial charge in [0.2, 0.25) is 0 Å². The molecule has 0 unspecified atom stereocenters. The topological polar surface area (TPSA) is 38.8 Å². The average molecular weight is 408 g/mol. The Kier molecular flexibility index (Phi) is 5.26. The van der Waals surface area contributed by atoms with Gasteiger partial charge in [-0.3, -0.25) is 0 Å². The molecule has 2 aliphatic heterocycles. The van der Waals surface area contributed by atoms with Crippen molar-refractivity contribution in [2.24, 2.45) is 5.92 Å². The SMILES string of the molecule is CCOC(=O)c1cc(Br)c2c(c1)C(C1CCN(C)CC1)=CC(C)(C)O2. The number of hydrogen-bond acceptors (Lipinski definition) is 4. The largest absolute Gasteiger partial charge is 0.482 e. The molecular formula is C20H26BrNO3. The highest BCUT2D eigenvalue weighted by Gasteiger charge is 2.33. The van der Waals surface area contributed by atoms with Crippen molar-refractivity contribution >= 4 is 27.5 Å². The minimum absolute atomic E-state index is 0.293. The number of halogens is 1. The van der Waals surface area contributed by atoms with Crippen LogP contribution in [0.15, 0.2) is 22.7 Å². The van der Waals surface area contributed by atoms with Gasteiger partial charge in [-0.15, -0.1) is 0 Å². The van der Waals surface area contributed by atoms with Crippen LogP contribution in [0.5, 0.6) is 5.75 Å². The van der Waals surface area contributed by atoms with Gasteiger partial charge in [-0.25, -0.2) is 4.79 Å². The zero-order valence-corrected chi connectivity index (χ0v) is 17.0. The van der Waals surface area contributed by atoms with E-state index in [-0.39, 0.29) is 11.6 Å². The zero-order chi connectivity index (χ0) is 18.2. The standard InChI is InChI=1S/C20H26BrNO3/c1-5-24-19(23)14-10-15-16(13-6-8-22(4)9-7-13)12-20(2,3)25-18(15)17(21)11-14/h10-13H,5-9H2,1-4H3. The number of piperidine rings is 1. The van der Waals surface area contributed by atoms with Gasteiger partial charge < -0.3 is 14.4 Å². The predicted octanol–water partition coefficient (Wildman–Crippen LogP) is 4.52. The molecule has 3 rings (SSSR count). The lowest BCUT2D eigenvalue weighted by atomic mass is 9.81. The number of likely N-dealkylation sites (tertiary alicyclic amines) is 1. The number of carbonyl (C=O) groups is 1. The van der Waals surface area contributed by atoms with Crippen LogP contribution in [0.4, 0.5) is 0 Å². The average Bonchev–Trinajstić information content (AvgIpc) is 2.55. The van der Waals surface area contributed by atoms with Crippen LogP contribution in [0.2, 0.25) is 0 Å². The smallest absolute Gasteiger partial charge is 0.338 e. The molecule has 0 aromatic heterocycles. The van der Waals surface area contributed by atoms with E-state index in [4.69, 9.17) is 9.47 Å². The summed E-state index contributed by atoms with van der Waals surface area (Å²) in [5.41, 5.74) is 2.52. The summed E-state index contributed by atoms with van der Waals surface area (Å²) < 4.78 is 12.2. The lowest BCUT2D eigenvalue weighted by Gasteiger charge is -2.37. The molecule has 0 saturated carbocycles. The van der Waals surface area contributed by atoms with Crippen molar-refractivity contribution in [2.45, 2.75) is 39.2 Å². The number of fused-ring (bicyclic) bond motifs is 1. The van der Waals surface area contributed by atoms with Crippen molar-refractivity contribution in [2.75, 3.05) is 26.7 Å². The Balaban J connectivity index is 2.04. The number of esters is 1. The second-order valence-corrected chi connectivity index (χ2v) is 8.29. The van der Waals surface area contributed by atoms with Gasteiger partial charge >= 0.3 is 5.97 Å². The number of rotatable bonds is 3. The molecule has 0 aliphatic carbocycles. The van der Waals surface area contributed by atoms with Crippen LogP contribution in [0.3, 0.4) is 0 Å². The second kappa shape index (κ2) is 7.12. The molecule has 0 bridgehead atoms. The normalized spacial score (nSPS) is 20.4. The Morgan fingerprint density at radius 3 is 2.68 bits per heavy atom. The molecule has 2 aliphatic rings. The van der Waals surface area contributed by atoms with Gasteiger partial charge in [-0.05, 0) is 99.4 Å². The molecular weight excluding hydrogens is 382 g/mol. The minimum atomic E-state index is -0.361. The Hall–Kier alpha value is -1.33. The Morgan fingerprint density at radius 2 is 2.04 bits per heavy atom. The summed E-state index contributed by atoms with van der Waals surface area (Å²) in [5, 5.41) is 0. The summed E-state index contributed by atoms with van der Waals surface area (Å²) in [5.74, 6) is 1.02. The molecule has 136 valence electrons. The van der Waals surface area contributed by atoms with E-state index in [0.29, 0.717) is 18.1 Å². The van der Waals surface area contributed by atoms with Crippen LogP contribution < -0.4 is 4.74 Å². The van der Waals surface area contributed by atoms with Crippen molar-refractivity contribution in [3.63, 3.8) is 0 Å². The molecule has 5 heteroatoms. The summed E-state index contributed by atoms with van der Waals surface area (Å²) in [4.78, 5) is 14.6. The number of carbonyl (C=O) groups excluding carboxylic acids is 1. The molecule has 1 aromatic carbocycles. The van der Waals surface area contributed by atoms with Gasteiger partial charge in [0.05, 0.1) is 16.6 Å². The van der Waals surface area contributed by atoms with Gasteiger partial charge in [0.1, 0.15) is 11.4 Å². The molecule has 1 aromatic rings. The van der Waals surface area contributed by atoms with Crippen LogP contribution in [0, 0.1) is 5.92 Å². The summed E-state index contributed by atoms with van der Waals surface area (Å²) in [6.07, 6.45) is 4.48. The third-order valence-electron chi connectivity index (χ3n) is 4.89. The van der Waals surface area contributed by atoms with E-state index in [1.165, 1.54) is 5.57 Å². The Morgan fingerprint density at radius 1 is 1.36 bits per heavy atom. The number of nitrogens with zero attached hydrogens (tertiary/aromatic N) is 1. The first kappa shape index (κ1) is 18.5. The lowest BCUT2D eigenvalue weighted by molar-refractivity contribution is 0.0526. The highest BCUT2D eigenvalue weighted by atomic mass is 79.9. The van der Waals surface area contributed by atoms with Gasteiger partial charge in [-0.1, -0.05) is 0 Å². The van der Waals surface area contributed by atoms with Crippen molar-refractivity contribution in [3.8, 4) is 5.75 Å². The minimum Gasteiger partial charge on any atom is -0.482 e. The maximum atomic E-state index is 12.2. The maximum absolute atomic E-state index is 12.2. The molecule has 0 N–H and O–H groups in total. The van der Waals surface area contributed by atoms with Crippen LogP contribution in [0.1, 0.15) is 49.5 Å². The van der Waals surface area contributed by atoms with Crippen molar-refractivity contribution < 1.29 is 14.3 Å². The van der Waals surface area contributed by atoms with E-state index < -0.39 is 0 Å². The fraction of sp³-hybridized carbons (Fsp3) is 0.550. The monoisotopic (exact) mass is 407 g/mol. The first-order valence-corrected chi connectivity index (χ1v) is 9.71. The van der Waals surface area contributed by atoms with Gasteiger partial charge in [0.15, 0.2) is 0 Å². The van der Waals surface area contributed by atoms with Crippen molar-refractivity contribution in [1.29, 1.82) is 0 Å². The highest BCUT2D eigenvalue weighted by Crippen LogP contribution is 2.46. The van der Waals surface area contributed by atoms with Gasteiger partial charge in [-0.2, -0.15) is 0 Å². The number of ether oxygens (including phenoxy) is 2. The first-order chi connectivity index (χ1) is 11.8. The molecule has 2 heterocycles. The highest BCUT2D eigenvalue weighted by molar-refractivity contribution is 9.10. The molecule has 1 fully saturated rings. The van der Waals surface area contributed by atoms with E-state index in [0.717, 1.165) is 41.7 Å². The molecule has 4 nitrogen and oxygen atoms in total. The molecule has 1 saturated heterocycles. The van der Waals surface area contributed by atoms with Crippen LogP contribution in [0.25, 0.3) is 5.57 Å². The van der Waals surface area contributed by atoms with Crippen LogP contribution >= 0.6 is 15.9 Å². The molecule has 25 heavy (non-hydrogen) atoms. The number of benzene rings is 1. The summed E-state index contributed by atoms with van der Waals surface area (Å²) in [6, 6.07) is 3.72. The van der Waals surface area contributed by atoms with E-state index >= 15 is 0 Å². The van der Waals surface area contributed by atoms with Gasteiger partial charge in [0.25, 0.3) is 0 Å². The zero-order valence-electron chi connectivity index (χ0n) is 15.4. The fourth-order valence-electron chi connectivity index (χ4n) is 3.65. The molecule has 0 spiro atoms. The third-order valence-corrected chi connectivity index (χ3v) is 5.48. The van der Waals surface area contributed by atoms with E-state index in [1.54, 1.807) is 6.07 Å². The van der Waals surface area contributed by atoms with E-state index in [9.17, 15) is 4.79 Å². The van der Waals surface area contributed by atoms with Crippen molar-refractivity contribution in [3.05, 3.63) is 33.8 Å². The first-order valence-electron chi connectivity index (χ1n) is 8.92. The number of hydrogen-bond donors (Lipinski definition) is 0. The third kappa shape index (κ3) is 3.93. The van der Waals surface area contributed by atoms with Crippen LogP contribution in [-0.2, 0) is 4.74 Å². The van der Waals surface area contributed by atoms with Crippen molar-refractivity contribution in [1.82, 2.24) is 4.90 Å². The fourth-order valence-corrected chi connectivity index (χ4v) is 4.19. The molecule has 0 amide bonds. The van der Waals surface area contributed by atoms with E-state index in [1.807, 2.05) is 13.0 Å². The number of allylic oxidation sites excluding steroid dienone is 1. The second-order valence-electron chi connectivity index (χ2n) is 7.44. The predicted molar refractivity (Wildman–Crippen MR) is 103 cm³/mol. The maximum Gasteiger partial charge on any atom is 0.338 e. The van der Waals surface area contributed by atoms with Gasteiger partial charge in [0, 0.05) is 5.56 Å². The Labute approximate surface area is 158 Å².